The van der Waals surface area contributed by atoms with Crippen molar-refractivity contribution in [2.45, 2.75) is 32.1 Å². The predicted molar refractivity (Wildman–Crippen MR) is 64.1 cm³/mol. The summed E-state index contributed by atoms with van der Waals surface area (Å²) in [6.07, 6.45) is 3.31. The van der Waals surface area contributed by atoms with Gasteiger partial charge in [0, 0.05) is 17.9 Å². The van der Waals surface area contributed by atoms with Crippen LogP contribution in [0.25, 0.3) is 0 Å². The molecule has 0 saturated heterocycles. The molecule has 0 aromatic heterocycles. The van der Waals surface area contributed by atoms with E-state index in [1.165, 1.54) is 0 Å². The van der Waals surface area contributed by atoms with Crippen LogP contribution >= 0.6 is 0 Å². The Morgan fingerprint density at radius 3 is 2.76 bits per heavy atom. The molecule has 0 aliphatic heterocycles. The van der Waals surface area contributed by atoms with Crippen molar-refractivity contribution in [3.05, 3.63) is 35.4 Å². The average molecular weight is 232 g/mol. The summed E-state index contributed by atoms with van der Waals surface area (Å²) >= 11 is 0. The molecule has 3 nitrogen and oxygen atoms in total. The van der Waals surface area contributed by atoms with E-state index < -0.39 is 5.97 Å². The van der Waals surface area contributed by atoms with Gasteiger partial charge in [-0.05, 0) is 24.8 Å². The molecule has 0 fully saturated rings. The van der Waals surface area contributed by atoms with Gasteiger partial charge in [0.15, 0.2) is 5.78 Å². The number of hydrogen-bond acceptors (Lipinski definition) is 2. The Bertz CT molecular complexity index is 437. The highest BCUT2D eigenvalue weighted by molar-refractivity contribution is 6.02. The number of fused-ring (bicyclic) bond motifs is 1. The number of benzene rings is 1. The SMILES string of the molecule is O=C(O)CCCCC1Cc2ccccc2C1=O. The summed E-state index contributed by atoms with van der Waals surface area (Å²) in [5.41, 5.74) is 2.00. The predicted octanol–water partition coefficient (Wildman–Crippen LogP) is 2.69. The third-order valence-corrected chi connectivity index (χ3v) is 3.31. The molecule has 1 aromatic rings. The Hall–Kier alpha value is -1.64. The lowest BCUT2D eigenvalue weighted by atomic mass is 9.97. The molecule has 0 amide bonds. The van der Waals surface area contributed by atoms with Crippen LogP contribution in [0.5, 0.6) is 0 Å². The second-order valence-electron chi connectivity index (χ2n) is 4.56. The average Bonchev–Trinajstić information content (AvgIpc) is 2.63. The second-order valence-corrected chi connectivity index (χ2v) is 4.56. The fourth-order valence-electron chi connectivity index (χ4n) is 2.42. The molecule has 0 radical (unpaired) electrons. The number of carboxylic acid groups (broad SMARTS) is 1. The third-order valence-electron chi connectivity index (χ3n) is 3.31. The van der Waals surface area contributed by atoms with Gasteiger partial charge in [0.1, 0.15) is 0 Å². The van der Waals surface area contributed by atoms with E-state index in [1.54, 1.807) is 0 Å². The minimum atomic E-state index is -0.758. The van der Waals surface area contributed by atoms with Crippen LogP contribution in [0.15, 0.2) is 24.3 Å². The van der Waals surface area contributed by atoms with Crippen LogP contribution in [0.4, 0.5) is 0 Å². The fourth-order valence-corrected chi connectivity index (χ4v) is 2.42. The Kier molecular flexibility index (Phi) is 3.57. The quantitative estimate of drug-likeness (QED) is 0.794. The molecule has 1 atom stereocenters. The minimum absolute atomic E-state index is 0.0706. The van der Waals surface area contributed by atoms with Crippen molar-refractivity contribution in [1.82, 2.24) is 0 Å². The summed E-state index contributed by atoms with van der Waals surface area (Å²) in [7, 11) is 0. The van der Waals surface area contributed by atoms with Gasteiger partial charge in [0.2, 0.25) is 0 Å². The van der Waals surface area contributed by atoms with Crippen LogP contribution in [-0.4, -0.2) is 16.9 Å². The first-order chi connectivity index (χ1) is 8.18. The molecule has 1 N–H and O–H groups in total. The highest BCUT2D eigenvalue weighted by Gasteiger charge is 2.29. The van der Waals surface area contributed by atoms with Gasteiger partial charge in [-0.1, -0.05) is 30.7 Å². The van der Waals surface area contributed by atoms with Gasteiger partial charge in [-0.3, -0.25) is 9.59 Å². The molecule has 90 valence electrons. The molecule has 2 rings (SSSR count). The lowest BCUT2D eigenvalue weighted by molar-refractivity contribution is -0.137. The van der Waals surface area contributed by atoms with E-state index in [4.69, 9.17) is 5.11 Å². The number of carboxylic acids is 1. The van der Waals surface area contributed by atoms with Crippen LogP contribution in [0.3, 0.4) is 0 Å². The molecule has 1 aliphatic carbocycles. The van der Waals surface area contributed by atoms with Crippen molar-refractivity contribution in [2.24, 2.45) is 5.92 Å². The summed E-state index contributed by atoms with van der Waals surface area (Å²) < 4.78 is 0. The monoisotopic (exact) mass is 232 g/mol. The maximum Gasteiger partial charge on any atom is 0.303 e. The van der Waals surface area contributed by atoms with Gasteiger partial charge in [-0.25, -0.2) is 0 Å². The normalized spacial score (nSPS) is 18.1. The zero-order valence-electron chi connectivity index (χ0n) is 9.69. The summed E-state index contributed by atoms with van der Waals surface area (Å²) in [6.45, 7) is 0. The van der Waals surface area contributed by atoms with Crippen LogP contribution in [0, 0.1) is 5.92 Å². The number of carbonyl (C=O) groups excluding carboxylic acids is 1. The van der Waals surface area contributed by atoms with Crippen molar-refractivity contribution in [3.63, 3.8) is 0 Å². The molecule has 0 bridgehead atoms. The zero-order chi connectivity index (χ0) is 12.3. The van der Waals surface area contributed by atoms with Crippen molar-refractivity contribution in [3.8, 4) is 0 Å². The molecule has 17 heavy (non-hydrogen) atoms. The first kappa shape index (κ1) is 11.8. The Balaban J connectivity index is 1.86. The number of Topliss-reactive ketones (excluding diaryl/α,β-unsaturated/α-hetero) is 1. The van der Waals surface area contributed by atoms with Gasteiger partial charge < -0.3 is 5.11 Å². The number of aliphatic carboxylic acids is 1. The van der Waals surface area contributed by atoms with Crippen LogP contribution in [-0.2, 0) is 11.2 Å². The van der Waals surface area contributed by atoms with Crippen LogP contribution in [0.2, 0.25) is 0 Å². The van der Waals surface area contributed by atoms with Crippen molar-refractivity contribution in [2.75, 3.05) is 0 Å². The Morgan fingerprint density at radius 2 is 2.06 bits per heavy atom. The number of carbonyl (C=O) groups is 2. The van der Waals surface area contributed by atoms with Gasteiger partial charge in [0.25, 0.3) is 0 Å². The topological polar surface area (TPSA) is 54.4 Å². The van der Waals surface area contributed by atoms with E-state index in [1.807, 2.05) is 24.3 Å². The molecule has 0 heterocycles. The number of rotatable bonds is 5. The minimum Gasteiger partial charge on any atom is -0.481 e. The van der Waals surface area contributed by atoms with E-state index in [-0.39, 0.29) is 18.1 Å². The van der Waals surface area contributed by atoms with Crippen molar-refractivity contribution in [1.29, 1.82) is 0 Å². The van der Waals surface area contributed by atoms with Crippen LogP contribution in [0.1, 0.15) is 41.6 Å². The van der Waals surface area contributed by atoms with Gasteiger partial charge in [0.05, 0.1) is 0 Å². The van der Waals surface area contributed by atoms with E-state index in [0.29, 0.717) is 6.42 Å². The van der Waals surface area contributed by atoms with Gasteiger partial charge in [-0.2, -0.15) is 0 Å². The largest absolute Gasteiger partial charge is 0.481 e. The van der Waals surface area contributed by atoms with E-state index in [9.17, 15) is 9.59 Å². The molecule has 0 saturated carbocycles. The maximum absolute atomic E-state index is 12.0. The highest BCUT2D eigenvalue weighted by atomic mass is 16.4. The highest BCUT2D eigenvalue weighted by Crippen LogP contribution is 2.29. The first-order valence-corrected chi connectivity index (χ1v) is 6.02. The zero-order valence-corrected chi connectivity index (χ0v) is 9.69. The lowest BCUT2D eigenvalue weighted by Crippen LogP contribution is -2.09. The number of unbranched alkanes of at least 4 members (excludes halogenated alkanes) is 1. The van der Waals surface area contributed by atoms with E-state index in [2.05, 4.69) is 0 Å². The standard InChI is InChI=1S/C14H16O3/c15-13(16)8-4-2-6-11-9-10-5-1-3-7-12(10)14(11)17/h1,3,5,7,11H,2,4,6,8-9H2,(H,15,16). The first-order valence-electron chi connectivity index (χ1n) is 6.02. The molecule has 1 aliphatic rings. The van der Waals surface area contributed by atoms with Crippen LogP contribution < -0.4 is 0 Å². The number of hydrogen-bond donors (Lipinski definition) is 1. The third kappa shape index (κ3) is 2.73. The fraction of sp³-hybridized carbons (Fsp3) is 0.429. The molecule has 1 unspecified atom stereocenters. The molecule has 1 aromatic carbocycles. The Morgan fingerprint density at radius 1 is 1.29 bits per heavy atom. The van der Waals surface area contributed by atoms with E-state index in [0.717, 1.165) is 30.4 Å². The smallest absolute Gasteiger partial charge is 0.303 e. The maximum atomic E-state index is 12.0. The summed E-state index contributed by atoms with van der Waals surface area (Å²) in [6, 6.07) is 7.74. The summed E-state index contributed by atoms with van der Waals surface area (Å²) in [5.74, 6) is -0.455. The van der Waals surface area contributed by atoms with Gasteiger partial charge in [-0.15, -0.1) is 0 Å². The molecular weight excluding hydrogens is 216 g/mol. The number of ketones is 1. The summed E-state index contributed by atoms with van der Waals surface area (Å²) in [5, 5.41) is 8.53. The lowest BCUT2D eigenvalue weighted by Gasteiger charge is -2.06. The molecule has 3 heteroatoms. The molecular formula is C14H16O3. The van der Waals surface area contributed by atoms with Crippen molar-refractivity contribution < 1.29 is 14.7 Å². The Labute approximate surface area is 100 Å². The second kappa shape index (κ2) is 5.13. The van der Waals surface area contributed by atoms with Gasteiger partial charge >= 0.3 is 5.97 Å². The van der Waals surface area contributed by atoms with E-state index >= 15 is 0 Å². The summed E-state index contributed by atoms with van der Waals surface area (Å²) in [4.78, 5) is 22.4. The van der Waals surface area contributed by atoms with Crippen molar-refractivity contribution >= 4 is 11.8 Å². The molecule has 0 spiro atoms.